The molecule has 46 heavy (non-hydrogen) atoms. The van der Waals surface area contributed by atoms with Gasteiger partial charge in [0.05, 0.1) is 26.0 Å². The normalized spacial score (nSPS) is 16.1. The third kappa shape index (κ3) is 5.50. The fourth-order valence-corrected chi connectivity index (χ4v) is 6.72. The van der Waals surface area contributed by atoms with Crippen LogP contribution in [0.3, 0.4) is 0 Å². The second-order valence-corrected chi connectivity index (χ2v) is 13.5. The van der Waals surface area contributed by atoms with Gasteiger partial charge in [-0.15, -0.1) is 30.3 Å². The molecule has 13 nitrogen and oxygen atoms in total. The van der Waals surface area contributed by atoms with Gasteiger partial charge in [-0.2, -0.15) is 0 Å². The van der Waals surface area contributed by atoms with Gasteiger partial charge in [0.2, 0.25) is 10.0 Å². The minimum atomic E-state index is -4.20. The van der Waals surface area contributed by atoms with Crippen LogP contribution in [0.1, 0.15) is 36.0 Å². The van der Waals surface area contributed by atoms with Crippen molar-refractivity contribution in [1.82, 2.24) is 9.96 Å². The van der Waals surface area contributed by atoms with E-state index in [-0.39, 0.29) is 76.4 Å². The molecule has 0 spiro atoms. The van der Waals surface area contributed by atoms with Crippen LogP contribution in [0.25, 0.3) is 33.4 Å². The Morgan fingerprint density at radius 2 is 1.63 bits per heavy atom. The summed E-state index contributed by atoms with van der Waals surface area (Å²) in [6.45, 7) is 0.283. The van der Waals surface area contributed by atoms with Crippen molar-refractivity contribution in [2.75, 3.05) is 18.8 Å². The van der Waals surface area contributed by atoms with Gasteiger partial charge in [0.1, 0.15) is 0 Å². The van der Waals surface area contributed by atoms with Crippen molar-refractivity contribution < 1.29 is 36.9 Å². The minimum Gasteiger partial charge on any atom is -0.454 e. The molecule has 4 aliphatic rings. The third-order valence-electron chi connectivity index (χ3n) is 8.16. The number of benzene rings is 3. The fraction of sp³-hybridized carbons (Fsp3) is 0.233. The molecule has 3 aliphatic heterocycles. The molecule has 3 amide bonds. The molecule has 2 saturated heterocycles. The minimum absolute atomic E-state index is 0.0199. The lowest BCUT2D eigenvalue weighted by molar-refractivity contribution is -0.201. The molecule has 6 rings (SSSR count). The van der Waals surface area contributed by atoms with E-state index in [1.807, 2.05) is 0 Å². The number of piperidine rings is 1. The molecule has 2 aromatic carbocycles. The van der Waals surface area contributed by atoms with Gasteiger partial charge in [-0.05, 0) is 60.9 Å². The molecule has 2 fully saturated rings. The zero-order chi connectivity index (χ0) is 33.1. The van der Waals surface area contributed by atoms with Gasteiger partial charge in [-0.3, -0.25) is 19.8 Å². The number of primary sulfonamides is 1. The van der Waals surface area contributed by atoms with Crippen molar-refractivity contribution in [2.24, 2.45) is 11.1 Å². The number of rotatable bonds is 5. The second kappa shape index (κ2) is 11.8. The van der Waals surface area contributed by atoms with Gasteiger partial charge in [-0.1, -0.05) is 0 Å². The largest absolute Gasteiger partial charge is 0.454 e. The van der Waals surface area contributed by atoms with Crippen LogP contribution in [0.2, 0.25) is 0 Å². The standard InChI is InChI=1S/C30H27N5O8S3/c31-20-5-3-17-24(18-4-6-21(32)28(45)26(18)42-25(17)27(20)44)19-13-15(46(33,40)41)1-2-16(19)29(38)34-11-9-14(10-12-34)30(39)43-35-22(36)7-8-23(35)37/h1-6,13-14,31,44-45H,7-12,32H2,(H2,33,40,41). The first-order chi connectivity index (χ1) is 21.8. The number of nitrogen functional groups attached to an aromatic ring is 1. The van der Waals surface area contributed by atoms with Crippen LogP contribution in [0.15, 0.2) is 61.6 Å². The van der Waals surface area contributed by atoms with Gasteiger partial charge in [0, 0.05) is 53.7 Å². The highest BCUT2D eigenvalue weighted by molar-refractivity contribution is 7.89. The summed E-state index contributed by atoms with van der Waals surface area (Å²) in [6, 6.07) is 10.3. The Kier molecular flexibility index (Phi) is 8.08. The fourth-order valence-electron chi connectivity index (χ4n) is 5.70. The number of nitrogens with one attached hydrogen (secondary N) is 1. The van der Waals surface area contributed by atoms with E-state index in [9.17, 15) is 27.6 Å². The Morgan fingerprint density at radius 1 is 0.957 bits per heavy atom. The molecule has 3 heterocycles. The zero-order valence-corrected chi connectivity index (χ0v) is 26.6. The van der Waals surface area contributed by atoms with Crippen LogP contribution in [0.4, 0.5) is 5.69 Å². The van der Waals surface area contributed by atoms with Gasteiger partial charge in [0.15, 0.2) is 11.3 Å². The van der Waals surface area contributed by atoms with E-state index in [4.69, 9.17) is 25.5 Å². The van der Waals surface area contributed by atoms with Crippen molar-refractivity contribution in [3.05, 3.63) is 53.4 Å². The summed E-state index contributed by atoms with van der Waals surface area (Å²) in [5.41, 5.74) is 7.88. The van der Waals surface area contributed by atoms with E-state index in [1.165, 1.54) is 29.2 Å². The number of nitrogens with zero attached hydrogens (tertiary/aromatic N) is 2. The average Bonchev–Trinajstić information content (AvgIpc) is 3.35. The van der Waals surface area contributed by atoms with Crippen LogP contribution >= 0.6 is 25.3 Å². The molecular weight excluding hydrogens is 655 g/mol. The van der Waals surface area contributed by atoms with Crippen LogP contribution in [0.5, 0.6) is 0 Å². The number of fused-ring (bicyclic) bond motifs is 2. The average molecular weight is 682 g/mol. The number of carbonyl (C=O) groups is 4. The number of anilines is 1. The van der Waals surface area contributed by atoms with E-state index >= 15 is 0 Å². The smallest absolute Gasteiger partial charge is 0.336 e. The Balaban J connectivity index is 1.42. The molecule has 0 radical (unpaired) electrons. The number of hydrogen-bond donors (Lipinski definition) is 5. The van der Waals surface area contributed by atoms with Crippen LogP contribution < -0.4 is 16.2 Å². The molecule has 0 atom stereocenters. The lowest BCUT2D eigenvalue weighted by atomic mass is 9.89. The summed E-state index contributed by atoms with van der Waals surface area (Å²) in [5, 5.41) is 14.8. The number of nitrogens with two attached hydrogens (primary N) is 2. The molecule has 0 saturated carbocycles. The highest BCUT2D eigenvalue weighted by Crippen LogP contribution is 2.46. The van der Waals surface area contributed by atoms with E-state index in [2.05, 4.69) is 25.3 Å². The highest BCUT2D eigenvalue weighted by atomic mass is 32.2. The number of likely N-dealkylation sites (tertiary alicyclic amines) is 1. The predicted octanol–water partition coefficient (Wildman–Crippen LogP) is 2.95. The molecule has 5 N–H and O–H groups in total. The number of thiol groups is 2. The first-order valence-electron chi connectivity index (χ1n) is 14.0. The van der Waals surface area contributed by atoms with Gasteiger partial charge >= 0.3 is 5.97 Å². The number of hydroxylamine groups is 2. The summed E-state index contributed by atoms with van der Waals surface area (Å²) in [7, 11) is -4.20. The molecule has 0 aromatic heterocycles. The summed E-state index contributed by atoms with van der Waals surface area (Å²) in [5.74, 6) is -2.77. The van der Waals surface area contributed by atoms with Crippen molar-refractivity contribution >= 4 is 75.6 Å². The first kappa shape index (κ1) is 31.6. The number of amides is 3. The topological polar surface area (TPSA) is 207 Å². The summed E-state index contributed by atoms with van der Waals surface area (Å²) in [6.07, 6.45) is 0.375. The molecule has 0 bridgehead atoms. The zero-order valence-electron chi connectivity index (χ0n) is 24.0. The maximum absolute atomic E-state index is 14.1. The van der Waals surface area contributed by atoms with Gasteiger partial charge in [0.25, 0.3) is 17.7 Å². The number of hydrogen-bond acceptors (Lipinski definition) is 12. The van der Waals surface area contributed by atoms with Gasteiger partial charge in [-0.25, -0.2) is 18.4 Å². The van der Waals surface area contributed by atoms with Crippen LogP contribution in [0, 0.1) is 11.3 Å². The first-order valence-corrected chi connectivity index (χ1v) is 16.5. The van der Waals surface area contributed by atoms with Crippen LogP contribution in [-0.2, 0) is 29.2 Å². The Labute approximate surface area is 273 Å². The number of sulfonamides is 1. The molecule has 238 valence electrons. The van der Waals surface area contributed by atoms with E-state index in [1.54, 1.807) is 18.2 Å². The lowest BCUT2D eigenvalue weighted by Crippen LogP contribution is -2.42. The summed E-state index contributed by atoms with van der Waals surface area (Å²) in [4.78, 5) is 57.5. The lowest BCUT2D eigenvalue weighted by Gasteiger charge is -2.32. The van der Waals surface area contributed by atoms with Crippen molar-refractivity contribution in [3.63, 3.8) is 0 Å². The monoisotopic (exact) mass is 681 g/mol. The maximum atomic E-state index is 14.1. The van der Waals surface area contributed by atoms with E-state index in [0.29, 0.717) is 32.2 Å². The Morgan fingerprint density at radius 3 is 2.28 bits per heavy atom. The molecular formula is C30H27N5O8S3. The summed E-state index contributed by atoms with van der Waals surface area (Å²) >= 11 is 9.03. The van der Waals surface area contributed by atoms with Crippen molar-refractivity contribution in [3.8, 4) is 22.5 Å². The summed E-state index contributed by atoms with van der Waals surface area (Å²) < 4.78 is 31.2. The predicted molar refractivity (Wildman–Crippen MR) is 170 cm³/mol. The molecule has 2 aromatic rings. The highest BCUT2D eigenvalue weighted by Gasteiger charge is 2.37. The SMILES string of the molecule is N=c1ccc2c(-c3cc(S(N)(=O)=O)ccc3C(=O)N3CCC(C(=O)ON4C(=O)CCC4=O)CC3)c3ccc(N)c(S)c3oc-2c1S. The van der Waals surface area contributed by atoms with Crippen LogP contribution in [-0.4, -0.2) is 55.2 Å². The molecule has 16 heteroatoms. The Hall–Kier alpha value is -4.38. The molecule has 0 unspecified atom stereocenters. The van der Waals surface area contributed by atoms with Gasteiger partial charge < -0.3 is 19.9 Å². The van der Waals surface area contributed by atoms with Crippen molar-refractivity contribution in [1.29, 1.82) is 5.41 Å². The number of imide groups is 1. The number of carbonyl (C=O) groups excluding carboxylic acids is 4. The quantitative estimate of drug-likeness (QED) is 0.0907. The third-order valence-corrected chi connectivity index (χ3v) is 9.98. The van der Waals surface area contributed by atoms with Crippen molar-refractivity contribution in [2.45, 2.75) is 40.4 Å². The van der Waals surface area contributed by atoms with E-state index < -0.39 is 39.6 Å². The second-order valence-electron chi connectivity index (χ2n) is 11.0. The molecule has 1 aliphatic carbocycles. The van der Waals surface area contributed by atoms with E-state index in [0.717, 1.165) is 0 Å². The Bertz CT molecular complexity index is 2110. The maximum Gasteiger partial charge on any atom is 0.336 e.